The van der Waals surface area contributed by atoms with Crippen molar-refractivity contribution in [2.24, 2.45) is 5.92 Å². The lowest BCUT2D eigenvalue weighted by molar-refractivity contribution is -0.128. The maximum atomic E-state index is 11.8. The minimum atomic E-state index is -0.234. The van der Waals surface area contributed by atoms with Gasteiger partial charge in [-0.3, -0.25) is 4.79 Å². The van der Waals surface area contributed by atoms with Gasteiger partial charge in [0, 0.05) is 24.8 Å². The SMILES string of the molecule is COc1ccc([C@H]2CNC(=O)C(CC=O)C2)cc1OC1CCCC1. The van der Waals surface area contributed by atoms with Crippen LogP contribution < -0.4 is 14.8 Å². The van der Waals surface area contributed by atoms with Crippen molar-refractivity contribution in [3.05, 3.63) is 23.8 Å². The fraction of sp³-hybridized carbons (Fsp3) is 0.579. The van der Waals surface area contributed by atoms with E-state index in [2.05, 4.69) is 5.32 Å². The highest BCUT2D eigenvalue weighted by atomic mass is 16.5. The Kier molecular flexibility index (Phi) is 5.38. The molecule has 1 heterocycles. The summed E-state index contributed by atoms with van der Waals surface area (Å²) < 4.78 is 11.6. The minimum absolute atomic E-state index is 0.0192. The van der Waals surface area contributed by atoms with E-state index in [-0.39, 0.29) is 30.3 Å². The summed E-state index contributed by atoms with van der Waals surface area (Å²) in [5.41, 5.74) is 1.12. The molecule has 1 N–H and O–H groups in total. The van der Waals surface area contributed by atoms with Crippen LogP contribution in [0.5, 0.6) is 11.5 Å². The lowest BCUT2D eigenvalue weighted by Gasteiger charge is -2.29. The van der Waals surface area contributed by atoms with Crippen LogP contribution in [0.25, 0.3) is 0 Å². The van der Waals surface area contributed by atoms with E-state index < -0.39 is 0 Å². The quantitative estimate of drug-likeness (QED) is 0.814. The van der Waals surface area contributed by atoms with Crippen LogP contribution in [0.15, 0.2) is 18.2 Å². The largest absolute Gasteiger partial charge is 0.493 e. The standard InChI is InChI=1S/C19H25NO4/c1-23-17-7-6-13(11-18(17)24-16-4-2-3-5-16)15-10-14(8-9-21)19(22)20-12-15/h6-7,9,11,14-16H,2-5,8,10,12H2,1H3,(H,20,22)/t14?,15-/m1/s1. The van der Waals surface area contributed by atoms with Gasteiger partial charge in [0.05, 0.1) is 13.2 Å². The fourth-order valence-electron chi connectivity index (χ4n) is 3.70. The smallest absolute Gasteiger partial charge is 0.223 e. The van der Waals surface area contributed by atoms with Gasteiger partial charge in [-0.2, -0.15) is 0 Å². The van der Waals surface area contributed by atoms with Gasteiger partial charge in [-0.05, 0) is 49.8 Å². The monoisotopic (exact) mass is 331 g/mol. The van der Waals surface area contributed by atoms with E-state index in [9.17, 15) is 9.59 Å². The summed E-state index contributed by atoms with van der Waals surface area (Å²) in [5, 5.41) is 2.92. The summed E-state index contributed by atoms with van der Waals surface area (Å²) in [7, 11) is 1.65. The highest BCUT2D eigenvalue weighted by Gasteiger charge is 2.29. The molecule has 24 heavy (non-hydrogen) atoms. The summed E-state index contributed by atoms with van der Waals surface area (Å²) in [6, 6.07) is 6.00. The van der Waals surface area contributed by atoms with E-state index in [0.717, 1.165) is 36.2 Å². The maximum absolute atomic E-state index is 11.8. The molecule has 2 fully saturated rings. The first-order chi connectivity index (χ1) is 11.7. The van der Waals surface area contributed by atoms with Crippen molar-refractivity contribution in [3.8, 4) is 11.5 Å². The normalized spacial score (nSPS) is 24.5. The van der Waals surface area contributed by atoms with E-state index in [1.54, 1.807) is 7.11 Å². The third-order valence-corrected chi connectivity index (χ3v) is 5.10. The van der Waals surface area contributed by atoms with Crippen LogP contribution in [0, 0.1) is 5.92 Å². The molecular formula is C19H25NO4. The van der Waals surface area contributed by atoms with Gasteiger partial charge in [-0.1, -0.05) is 6.07 Å². The van der Waals surface area contributed by atoms with Gasteiger partial charge in [-0.15, -0.1) is 0 Å². The third kappa shape index (κ3) is 3.71. The van der Waals surface area contributed by atoms with Crippen LogP contribution in [0.4, 0.5) is 0 Å². The van der Waals surface area contributed by atoms with Crippen LogP contribution in [0.1, 0.15) is 50.0 Å². The Bertz CT molecular complexity index is 595. The Morgan fingerprint density at radius 3 is 2.75 bits per heavy atom. The number of aldehydes is 1. The van der Waals surface area contributed by atoms with Crippen molar-refractivity contribution in [1.82, 2.24) is 5.32 Å². The predicted octanol–water partition coefficient (Wildman–Crippen LogP) is 2.83. The molecule has 3 rings (SSSR count). The predicted molar refractivity (Wildman–Crippen MR) is 90.4 cm³/mol. The molecule has 1 aliphatic heterocycles. The molecule has 1 amide bonds. The van der Waals surface area contributed by atoms with Crippen LogP contribution in [0.2, 0.25) is 0 Å². The summed E-state index contributed by atoms with van der Waals surface area (Å²) in [6.45, 7) is 0.601. The number of ether oxygens (including phenoxy) is 2. The second-order valence-corrected chi connectivity index (χ2v) is 6.71. The molecule has 1 aromatic carbocycles. The molecule has 0 bridgehead atoms. The molecule has 5 heteroatoms. The number of nitrogens with one attached hydrogen (secondary N) is 1. The van der Waals surface area contributed by atoms with Crippen molar-refractivity contribution < 1.29 is 19.1 Å². The highest BCUT2D eigenvalue weighted by molar-refractivity contribution is 5.81. The van der Waals surface area contributed by atoms with Gasteiger partial charge in [0.2, 0.25) is 5.91 Å². The number of carbonyl (C=O) groups excluding carboxylic acids is 2. The lowest BCUT2D eigenvalue weighted by Crippen LogP contribution is -2.40. The van der Waals surface area contributed by atoms with Gasteiger partial charge in [0.15, 0.2) is 11.5 Å². The molecule has 2 aliphatic rings. The molecule has 0 radical (unpaired) electrons. The number of piperidine rings is 1. The number of rotatable bonds is 6. The average molecular weight is 331 g/mol. The zero-order valence-corrected chi connectivity index (χ0v) is 14.1. The number of benzene rings is 1. The molecule has 130 valence electrons. The van der Waals surface area contributed by atoms with Crippen molar-refractivity contribution in [2.75, 3.05) is 13.7 Å². The van der Waals surface area contributed by atoms with E-state index in [1.807, 2.05) is 18.2 Å². The summed E-state index contributed by atoms with van der Waals surface area (Å²) in [4.78, 5) is 22.6. The lowest BCUT2D eigenvalue weighted by atomic mass is 9.84. The van der Waals surface area contributed by atoms with Crippen molar-refractivity contribution in [3.63, 3.8) is 0 Å². The number of amides is 1. The Hall–Kier alpha value is -2.04. The van der Waals surface area contributed by atoms with Crippen LogP contribution >= 0.6 is 0 Å². The van der Waals surface area contributed by atoms with Crippen LogP contribution in [0.3, 0.4) is 0 Å². The molecular weight excluding hydrogens is 306 g/mol. The number of hydrogen-bond acceptors (Lipinski definition) is 4. The zero-order chi connectivity index (χ0) is 16.9. The molecule has 1 aliphatic carbocycles. The summed E-state index contributed by atoms with van der Waals surface area (Å²) in [5.74, 6) is 1.47. The van der Waals surface area contributed by atoms with E-state index >= 15 is 0 Å². The molecule has 0 spiro atoms. The van der Waals surface area contributed by atoms with Gasteiger partial charge in [-0.25, -0.2) is 0 Å². The molecule has 1 unspecified atom stereocenters. The van der Waals surface area contributed by atoms with E-state index in [0.29, 0.717) is 13.0 Å². The van der Waals surface area contributed by atoms with Gasteiger partial charge in [0.25, 0.3) is 0 Å². The average Bonchev–Trinajstić information content (AvgIpc) is 3.10. The van der Waals surface area contributed by atoms with Gasteiger partial charge >= 0.3 is 0 Å². The summed E-state index contributed by atoms with van der Waals surface area (Å²) >= 11 is 0. The van der Waals surface area contributed by atoms with Crippen molar-refractivity contribution in [2.45, 2.75) is 50.5 Å². The Labute approximate surface area is 142 Å². The molecule has 1 aromatic rings. The van der Waals surface area contributed by atoms with E-state index in [4.69, 9.17) is 9.47 Å². The molecule has 1 saturated heterocycles. The molecule has 5 nitrogen and oxygen atoms in total. The zero-order valence-electron chi connectivity index (χ0n) is 14.1. The van der Waals surface area contributed by atoms with Gasteiger partial charge < -0.3 is 19.6 Å². The second kappa shape index (κ2) is 7.69. The minimum Gasteiger partial charge on any atom is -0.493 e. The Balaban J connectivity index is 1.77. The van der Waals surface area contributed by atoms with Crippen molar-refractivity contribution >= 4 is 12.2 Å². The fourth-order valence-corrected chi connectivity index (χ4v) is 3.70. The summed E-state index contributed by atoms with van der Waals surface area (Å²) in [6.07, 6.45) is 6.69. The number of carbonyl (C=O) groups is 2. The van der Waals surface area contributed by atoms with Crippen LogP contribution in [-0.4, -0.2) is 32.0 Å². The molecule has 1 saturated carbocycles. The number of hydrogen-bond donors (Lipinski definition) is 1. The Morgan fingerprint density at radius 1 is 1.25 bits per heavy atom. The first-order valence-corrected chi connectivity index (χ1v) is 8.77. The first kappa shape index (κ1) is 16.8. The molecule has 0 aromatic heterocycles. The Morgan fingerprint density at radius 2 is 2.04 bits per heavy atom. The maximum Gasteiger partial charge on any atom is 0.223 e. The number of methoxy groups -OCH3 is 1. The first-order valence-electron chi connectivity index (χ1n) is 8.77. The van der Waals surface area contributed by atoms with Crippen molar-refractivity contribution in [1.29, 1.82) is 0 Å². The third-order valence-electron chi connectivity index (χ3n) is 5.10. The topological polar surface area (TPSA) is 64.6 Å². The van der Waals surface area contributed by atoms with Gasteiger partial charge in [0.1, 0.15) is 6.29 Å². The highest BCUT2D eigenvalue weighted by Crippen LogP contribution is 2.36. The van der Waals surface area contributed by atoms with E-state index in [1.165, 1.54) is 12.8 Å². The second-order valence-electron chi connectivity index (χ2n) is 6.71. The molecule has 2 atom stereocenters. The van der Waals surface area contributed by atoms with Crippen LogP contribution in [-0.2, 0) is 9.59 Å².